The number of nitro benzene ring substituents is 1. The molecule has 20 heteroatoms. The van der Waals surface area contributed by atoms with Gasteiger partial charge in [-0.1, -0.05) is 45.0 Å². The molecule has 4 fully saturated rings. The molecule has 19 atom stereocenters. The summed E-state index contributed by atoms with van der Waals surface area (Å²) in [5.74, 6) is -3.16. The number of carbonyl (C=O) groups excluding carboxylic acids is 1. The summed E-state index contributed by atoms with van der Waals surface area (Å²) in [6.45, 7) is 21.3. The SMILES string of the molecule is CC[C@H]1OC(=O)[C@H](C)[C@@H](C2C[C@@](C)(OC)[C@@H](O)[C@H](C)O2)[C@H](C)[C@@H](O[C@@H]2O[C@H](C)C[C@H](N(C)CCc3cn([C@@H]4CCCN(Cc5ccc([N+](=O)[O-])cc5)C4)nn3)[C@H]2O)[C@](C)(O)C[C@@H](C)CN(C)[C@H](C)[C@@H](O)[C@]1(C)O. The Hall–Kier alpha value is -3.25. The molecule has 20 nitrogen and oxygen atoms in total. The van der Waals surface area contributed by atoms with Crippen molar-refractivity contribution in [3.05, 3.63) is 51.8 Å². The number of nitro groups is 1. The van der Waals surface area contributed by atoms with Gasteiger partial charge >= 0.3 is 5.97 Å². The molecule has 1 aromatic heterocycles. The predicted molar refractivity (Wildman–Crippen MR) is 272 cm³/mol. The maximum absolute atomic E-state index is 14.6. The van der Waals surface area contributed by atoms with E-state index in [-0.39, 0.29) is 47.9 Å². The molecule has 0 spiro atoms. The van der Waals surface area contributed by atoms with E-state index in [0.29, 0.717) is 32.5 Å². The van der Waals surface area contributed by atoms with Crippen LogP contribution >= 0.6 is 0 Å². The number of hydrogen-bond acceptors (Lipinski definition) is 18. The van der Waals surface area contributed by atoms with Crippen molar-refractivity contribution in [2.75, 3.05) is 47.4 Å². The first-order valence-electron chi connectivity index (χ1n) is 26.7. The molecule has 1 unspecified atom stereocenters. The first kappa shape index (κ1) is 59.0. The fourth-order valence-corrected chi connectivity index (χ4v) is 12.6. The van der Waals surface area contributed by atoms with Crippen molar-refractivity contribution >= 4 is 11.7 Å². The zero-order valence-electron chi connectivity index (χ0n) is 45.7. The van der Waals surface area contributed by atoms with Crippen LogP contribution in [-0.4, -0.2) is 198 Å². The number of piperidine rings is 1. The minimum atomic E-state index is -1.82. The molecule has 0 bridgehead atoms. The fraction of sp³-hybridized carbons (Fsp3) is 0.830. The fourth-order valence-electron chi connectivity index (χ4n) is 12.6. The number of likely N-dealkylation sites (N-methyl/N-ethyl adjacent to an activating group) is 2. The topological polar surface area (TPSA) is 248 Å². The first-order valence-corrected chi connectivity index (χ1v) is 26.7. The highest BCUT2D eigenvalue weighted by Crippen LogP contribution is 2.45. The number of aliphatic hydroxyl groups excluding tert-OH is 3. The molecule has 2 aromatic rings. The van der Waals surface area contributed by atoms with Gasteiger partial charge in [-0.3, -0.25) is 19.8 Å². The van der Waals surface area contributed by atoms with Crippen LogP contribution in [0.4, 0.5) is 5.69 Å². The molecule has 0 aliphatic carbocycles. The minimum absolute atomic E-state index is 0.0741. The average Bonchev–Trinajstić information content (AvgIpc) is 3.82. The number of non-ortho nitro benzene ring substituents is 1. The van der Waals surface area contributed by atoms with Crippen molar-refractivity contribution < 1.29 is 58.9 Å². The van der Waals surface area contributed by atoms with Gasteiger partial charge in [0, 0.05) is 82.5 Å². The van der Waals surface area contributed by atoms with Crippen LogP contribution in [0.1, 0.15) is 125 Å². The van der Waals surface area contributed by atoms with Crippen molar-refractivity contribution in [1.29, 1.82) is 0 Å². The minimum Gasteiger partial charge on any atom is -0.459 e. The summed E-state index contributed by atoms with van der Waals surface area (Å²) in [4.78, 5) is 31.8. The van der Waals surface area contributed by atoms with E-state index in [2.05, 4.69) is 20.1 Å². The lowest BCUT2D eigenvalue weighted by Crippen LogP contribution is -2.62. The summed E-state index contributed by atoms with van der Waals surface area (Å²) in [7, 11) is 5.34. The van der Waals surface area contributed by atoms with Crippen molar-refractivity contribution in [2.45, 2.75) is 211 Å². The number of cyclic esters (lactones) is 1. The standard InChI is InChI=1S/C53H89N7O13/c1-14-43-53(10,66)46(62)35(6)57(12)27-31(2)25-51(8,65)48(33(4)44(34(5)49(64)72-43)42-26-52(9,69-13)47(63)36(7)71-42)73-50-45(61)41(24-32(3)70-50)56(11)23-21-38-29-59(55-54-38)40-16-15-22-58(30-40)28-37-17-19-39(20-18-37)60(67)68/h17-20,29,31-36,40-48,50,61-63,65-66H,14-16,21-28,30H2,1-13H3/t31-,32-,33+,34-,35-,36+,40-,41+,42?,43-,44+,45-,46-,47+,48-,50+,51-,52-,53-/m1/s1. The molecule has 1 aromatic carbocycles. The third kappa shape index (κ3) is 13.7. The summed E-state index contributed by atoms with van der Waals surface area (Å²) in [5, 5.41) is 80.4. The molecule has 5 heterocycles. The summed E-state index contributed by atoms with van der Waals surface area (Å²) in [6, 6.07) is 5.85. The summed E-state index contributed by atoms with van der Waals surface area (Å²) in [6.07, 6.45) is -2.91. The van der Waals surface area contributed by atoms with Gasteiger partial charge in [-0.2, -0.15) is 0 Å². The molecule has 5 N–H and O–H groups in total. The third-order valence-corrected chi connectivity index (χ3v) is 17.1. The smallest absolute Gasteiger partial charge is 0.309 e. The largest absolute Gasteiger partial charge is 0.459 e. The summed E-state index contributed by atoms with van der Waals surface area (Å²) in [5.41, 5.74) is -2.57. The predicted octanol–water partition coefficient (Wildman–Crippen LogP) is 4.12. The van der Waals surface area contributed by atoms with E-state index in [1.807, 2.05) is 76.6 Å². The molecule has 0 saturated carbocycles. The Kier molecular flexibility index (Phi) is 19.7. The maximum Gasteiger partial charge on any atom is 0.309 e. The molecule has 4 aliphatic rings. The maximum atomic E-state index is 14.6. The van der Waals surface area contributed by atoms with Crippen LogP contribution in [0.3, 0.4) is 0 Å². The number of benzene rings is 1. The Morgan fingerprint density at radius 2 is 1.67 bits per heavy atom. The van der Waals surface area contributed by atoms with Crippen molar-refractivity contribution in [2.24, 2.45) is 23.7 Å². The Labute approximate surface area is 432 Å². The zero-order valence-corrected chi connectivity index (χ0v) is 45.7. The normalized spacial score (nSPS) is 41.2. The number of aromatic nitrogens is 3. The second kappa shape index (κ2) is 24.4. The van der Waals surface area contributed by atoms with E-state index in [0.717, 1.165) is 37.2 Å². The van der Waals surface area contributed by atoms with Crippen LogP contribution in [-0.2, 0) is 41.4 Å². The van der Waals surface area contributed by atoms with Gasteiger partial charge in [0.25, 0.3) is 5.69 Å². The molecule has 414 valence electrons. The molecule has 0 radical (unpaired) electrons. The number of carbonyl (C=O) groups is 1. The quantitative estimate of drug-likeness (QED) is 0.108. The molecular weight excluding hydrogens is 943 g/mol. The number of ether oxygens (including phenoxy) is 5. The van der Waals surface area contributed by atoms with Crippen molar-refractivity contribution in [3.8, 4) is 0 Å². The Morgan fingerprint density at radius 3 is 2.32 bits per heavy atom. The molecule has 6 rings (SSSR count). The van der Waals surface area contributed by atoms with Gasteiger partial charge in [-0.05, 0) is 112 Å². The Bertz CT molecular complexity index is 2100. The van der Waals surface area contributed by atoms with Gasteiger partial charge < -0.3 is 59.0 Å². The van der Waals surface area contributed by atoms with Crippen LogP contribution in [0, 0.1) is 33.8 Å². The molecule has 4 saturated heterocycles. The van der Waals surface area contributed by atoms with Gasteiger partial charge in [0.2, 0.25) is 0 Å². The van der Waals surface area contributed by atoms with E-state index < -0.39 is 102 Å². The van der Waals surface area contributed by atoms with E-state index in [1.54, 1.807) is 39.8 Å². The molecule has 0 amide bonds. The number of likely N-dealkylation sites (tertiary alicyclic amines) is 1. The van der Waals surface area contributed by atoms with Crippen LogP contribution in [0.25, 0.3) is 0 Å². The van der Waals surface area contributed by atoms with Crippen LogP contribution in [0.15, 0.2) is 30.5 Å². The number of aliphatic hydroxyl groups is 5. The highest BCUT2D eigenvalue weighted by Gasteiger charge is 2.55. The molecular formula is C53H89N7O13. The zero-order chi connectivity index (χ0) is 53.9. The number of hydrogen-bond donors (Lipinski definition) is 5. The van der Waals surface area contributed by atoms with Gasteiger partial charge in [0.05, 0.1) is 58.2 Å². The number of methoxy groups -OCH3 is 1. The Morgan fingerprint density at radius 1 is 0.986 bits per heavy atom. The lowest BCUT2D eigenvalue weighted by Gasteiger charge is -2.51. The first-order chi connectivity index (χ1) is 34.2. The monoisotopic (exact) mass is 1030 g/mol. The average molecular weight is 1030 g/mol. The second-order valence-electron chi connectivity index (χ2n) is 23.2. The van der Waals surface area contributed by atoms with E-state index in [1.165, 1.54) is 14.0 Å². The van der Waals surface area contributed by atoms with Gasteiger partial charge in [0.15, 0.2) is 6.29 Å². The molecule has 4 aliphatic heterocycles. The van der Waals surface area contributed by atoms with Crippen LogP contribution in [0.2, 0.25) is 0 Å². The Balaban J connectivity index is 1.24. The third-order valence-electron chi connectivity index (χ3n) is 17.1. The van der Waals surface area contributed by atoms with Gasteiger partial charge in [-0.25, -0.2) is 4.68 Å². The van der Waals surface area contributed by atoms with E-state index >= 15 is 0 Å². The highest BCUT2D eigenvalue weighted by molar-refractivity contribution is 5.73. The number of nitrogens with zero attached hydrogens (tertiary/aromatic N) is 7. The van der Waals surface area contributed by atoms with Crippen molar-refractivity contribution in [1.82, 2.24) is 29.7 Å². The number of rotatable bonds is 13. The molecule has 73 heavy (non-hydrogen) atoms. The lowest BCUT2D eigenvalue weighted by atomic mass is 9.68. The van der Waals surface area contributed by atoms with Crippen molar-refractivity contribution in [3.63, 3.8) is 0 Å². The van der Waals surface area contributed by atoms with Gasteiger partial charge in [0.1, 0.15) is 30.0 Å². The highest BCUT2D eigenvalue weighted by atomic mass is 16.7. The van der Waals surface area contributed by atoms with E-state index in [4.69, 9.17) is 23.7 Å². The number of esters is 1. The van der Waals surface area contributed by atoms with Crippen LogP contribution < -0.4 is 0 Å². The summed E-state index contributed by atoms with van der Waals surface area (Å²) >= 11 is 0. The van der Waals surface area contributed by atoms with Crippen LogP contribution in [0.5, 0.6) is 0 Å². The van der Waals surface area contributed by atoms with E-state index in [9.17, 15) is 40.4 Å². The lowest BCUT2D eigenvalue weighted by molar-refractivity contribution is -0.384. The summed E-state index contributed by atoms with van der Waals surface area (Å²) < 4.78 is 34.2. The second-order valence-corrected chi connectivity index (χ2v) is 23.2. The van der Waals surface area contributed by atoms with Gasteiger partial charge in [-0.15, -0.1) is 5.10 Å².